The van der Waals surface area contributed by atoms with Crippen molar-refractivity contribution >= 4 is 43.5 Å². The van der Waals surface area contributed by atoms with Gasteiger partial charge in [0.1, 0.15) is 0 Å². The van der Waals surface area contributed by atoms with Gasteiger partial charge in [0.2, 0.25) is 0 Å². The van der Waals surface area contributed by atoms with E-state index in [1.807, 2.05) is 0 Å². The van der Waals surface area contributed by atoms with E-state index in [-0.39, 0.29) is 5.38 Å². The Labute approximate surface area is 137 Å². The van der Waals surface area contributed by atoms with Crippen molar-refractivity contribution in [2.45, 2.75) is 44.4 Å². The van der Waals surface area contributed by atoms with Crippen LogP contribution in [0.2, 0.25) is 0 Å². The Morgan fingerprint density at radius 1 is 1.21 bits per heavy atom. The van der Waals surface area contributed by atoms with Crippen molar-refractivity contribution in [1.29, 1.82) is 0 Å². The van der Waals surface area contributed by atoms with Crippen LogP contribution in [0.15, 0.2) is 21.1 Å². The maximum atomic E-state index is 6.70. The summed E-state index contributed by atoms with van der Waals surface area (Å²) in [5, 5.41) is 0.135. The van der Waals surface area contributed by atoms with E-state index in [0.29, 0.717) is 0 Å². The maximum Gasteiger partial charge on any atom is 0.0599 e. The Kier molecular flexibility index (Phi) is 4.32. The van der Waals surface area contributed by atoms with E-state index in [2.05, 4.69) is 50.9 Å². The Balaban J connectivity index is 1.73. The van der Waals surface area contributed by atoms with E-state index < -0.39 is 0 Å². The first-order chi connectivity index (χ1) is 9.04. The molecule has 0 aromatic heterocycles. The highest BCUT2D eigenvalue weighted by molar-refractivity contribution is 9.11. The molecule has 0 aliphatic heterocycles. The van der Waals surface area contributed by atoms with E-state index in [0.717, 1.165) is 33.1 Å². The zero-order chi connectivity index (χ0) is 13.6. The highest BCUT2D eigenvalue weighted by Crippen LogP contribution is 2.52. The molecule has 0 saturated heterocycles. The van der Waals surface area contributed by atoms with Crippen molar-refractivity contribution in [3.05, 3.63) is 32.2 Å². The topological polar surface area (TPSA) is 0 Å². The third-order valence-corrected chi connectivity index (χ3v) is 6.96. The summed E-state index contributed by atoms with van der Waals surface area (Å²) >= 11 is 14.0. The number of hydrogen-bond acceptors (Lipinski definition) is 0. The zero-order valence-corrected chi connectivity index (χ0v) is 15.1. The lowest BCUT2D eigenvalue weighted by Crippen LogP contribution is -2.12. The monoisotopic (exact) mass is 404 g/mol. The Hall–Kier alpha value is 0.470. The first-order valence-corrected chi connectivity index (χ1v) is 9.16. The summed E-state index contributed by atoms with van der Waals surface area (Å²) in [6.07, 6.45) is 6.92. The van der Waals surface area contributed by atoms with Gasteiger partial charge in [-0.05, 0) is 73.6 Å². The molecule has 0 spiro atoms. The lowest BCUT2D eigenvalue weighted by molar-refractivity contribution is 0.311. The predicted octanol–water partition coefficient (Wildman–Crippen LogP) is 6.63. The quantitative estimate of drug-likeness (QED) is 0.495. The molecule has 2 saturated carbocycles. The number of rotatable bonds is 3. The Bertz CT molecular complexity index is 486. The smallest absolute Gasteiger partial charge is 0.0599 e. The third-order valence-electron chi connectivity index (χ3n) is 5.01. The summed E-state index contributed by atoms with van der Waals surface area (Å²) in [5.74, 6) is 2.82. The molecule has 3 rings (SSSR count). The number of aryl methyl sites for hydroxylation is 1. The number of fused-ring (bicyclic) bond motifs is 2. The summed E-state index contributed by atoms with van der Waals surface area (Å²) in [5.41, 5.74) is 2.49. The maximum absolute atomic E-state index is 6.70. The molecule has 0 radical (unpaired) electrons. The van der Waals surface area contributed by atoms with Crippen LogP contribution in [0.25, 0.3) is 0 Å². The Morgan fingerprint density at radius 2 is 2.00 bits per heavy atom. The van der Waals surface area contributed by atoms with Gasteiger partial charge in [-0.15, -0.1) is 11.6 Å². The molecule has 2 aliphatic carbocycles. The summed E-state index contributed by atoms with van der Waals surface area (Å²) in [7, 11) is 0. The highest BCUT2D eigenvalue weighted by Gasteiger charge is 2.40. The van der Waals surface area contributed by atoms with Gasteiger partial charge in [-0.3, -0.25) is 0 Å². The largest absolute Gasteiger partial charge is 0.118 e. The zero-order valence-electron chi connectivity index (χ0n) is 11.1. The second-order valence-electron chi connectivity index (χ2n) is 6.26. The molecule has 4 unspecified atom stereocenters. The molecule has 1 aromatic carbocycles. The van der Waals surface area contributed by atoms with E-state index in [1.165, 1.54) is 36.8 Å². The fourth-order valence-corrected chi connectivity index (χ4v) is 5.60. The van der Waals surface area contributed by atoms with E-state index >= 15 is 0 Å². The van der Waals surface area contributed by atoms with Crippen LogP contribution in [0.4, 0.5) is 0 Å². The fourth-order valence-electron chi connectivity index (χ4n) is 3.96. The average Bonchev–Trinajstić information content (AvgIpc) is 2.95. The fraction of sp³-hybridized carbons (Fsp3) is 0.625. The van der Waals surface area contributed by atoms with Crippen LogP contribution in [0.5, 0.6) is 0 Å². The highest BCUT2D eigenvalue weighted by atomic mass is 79.9. The van der Waals surface area contributed by atoms with Crippen molar-refractivity contribution < 1.29 is 0 Å². The molecule has 19 heavy (non-hydrogen) atoms. The van der Waals surface area contributed by atoms with Crippen LogP contribution in [-0.4, -0.2) is 0 Å². The van der Waals surface area contributed by atoms with Gasteiger partial charge in [0.05, 0.1) is 5.38 Å². The molecule has 2 fully saturated rings. The summed E-state index contributed by atoms with van der Waals surface area (Å²) in [4.78, 5) is 0. The lowest BCUT2D eigenvalue weighted by Gasteiger charge is -2.24. The third kappa shape index (κ3) is 2.91. The first kappa shape index (κ1) is 14.4. The van der Waals surface area contributed by atoms with E-state index in [1.54, 1.807) is 0 Å². The molecule has 2 bridgehead atoms. The van der Waals surface area contributed by atoms with Gasteiger partial charge in [-0.25, -0.2) is 0 Å². The molecule has 1 aromatic rings. The summed E-state index contributed by atoms with van der Waals surface area (Å²) in [6, 6.07) is 4.35. The van der Waals surface area contributed by atoms with Gasteiger partial charge in [0, 0.05) is 8.95 Å². The SMILES string of the molecule is Cc1cc(Br)c(C(Cl)CC2CC3CCC2C3)cc1Br. The lowest BCUT2D eigenvalue weighted by atomic mass is 9.84. The van der Waals surface area contributed by atoms with Crippen molar-refractivity contribution in [2.75, 3.05) is 0 Å². The van der Waals surface area contributed by atoms with Crippen molar-refractivity contribution in [2.24, 2.45) is 17.8 Å². The first-order valence-electron chi connectivity index (χ1n) is 7.14. The Morgan fingerprint density at radius 3 is 2.63 bits per heavy atom. The van der Waals surface area contributed by atoms with Crippen molar-refractivity contribution in [3.8, 4) is 0 Å². The predicted molar refractivity (Wildman–Crippen MR) is 88.7 cm³/mol. The van der Waals surface area contributed by atoms with Crippen LogP contribution in [0, 0.1) is 24.7 Å². The number of halogens is 3. The van der Waals surface area contributed by atoms with Gasteiger partial charge < -0.3 is 0 Å². The minimum Gasteiger partial charge on any atom is -0.118 e. The minimum atomic E-state index is 0.135. The molecule has 4 atom stereocenters. The van der Waals surface area contributed by atoms with Crippen LogP contribution in [0.3, 0.4) is 0 Å². The normalized spacial score (nSPS) is 30.8. The van der Waals surface area contributed by atoms with Gasteiger partial charge in [-0.2, -0.15) is 0 Å². The molecule has 104 valence electrons. The van der Waals surface area contributed by atoms with Gasteiger partial charge in [-0.1, -0.05) is 38.3 Å². The second kappa shape index (κ2) is 5.69. The van der Waals surface area contributed by atoms with Crippen molar-refractivity contribution in [1.82, 2.24) is 0 Å². The van der Waals surface area contributed by atoms with Gasteiger partial charge in [0.25, 0.3) is 0 Å². The number of alkyl halides is 1. The molecule has 0 heterocycles. The molecule has 0 N–H and O–H groups in total. The van der Waals surface area contributed by atoms with Gasteiger partial charge in [0.15, 0.2) is 0 Å². The molecule has 0 amide bonds. The average molecular weight is 407 g/mol. The minimum absolute atomic E-state index is 0.135. The molecular weight excluding hydrogens is 387 g/mol. The van der Waals surface area contributed by atoms with Crippen LogP contribution >= 0.6 is 43.5 Å². The van der Waals surface area contributed by atoms with E-state index in [9.17, 15) is 0 Å². The summed E-state index contributed by atoms with van der Waals surface area (Å²) in [6.45, 7) is 2.11. The summed E-state index contributed by atoms with van der Waals surface area (Å²) < 4.78 is 2.31. The van der Waals surface area contributed by atoms with Crippen LogP contribution in [-0.2, 0) is 0 Å². The van der Waals surface area contributed by atoms with Crippen LogP contribution in [0.1, 0.15) is 48.6 Å². The molecular formula is C16H19Br2Cl. The van der Waals surface area contributed by atoms with Crippen LogP contribution < -0.4 is 0 Å². The molecule has 0 nitrogen and oxygen atoms in total. The van der Waals surface area contributed by atoms with E-state index in [4.69, 9.17) is 11.6 Å². The second-order valence-corrected chi connectivity index (χ2v) is 8.50. The molecule has 2 aliphatic rings. The number of hydrogen-bond donors (Lipinski definition) is 0. The number of benzene rings is 1. The van der Waals surface area contributed by atoms with Gasteiger partial charge >= 0.3 is 0 Å². The molecule has 3 heteroatoms. The van der Waals surface area contributed by atoms with Crippen molar-refractivity contribution in [3.63, 3.8) is 0 Å². The standard InChI is InChI=1S/C16H19Br2Cl/c1-9-4-15(18)13(8-14(9)17)16(19)7-12-6-10-2-3-11(12)5-10/h4,8,10-12,16H,2-3,5-7H2,1H3.